The van der Waals surface area contributed by atoms with Gasteiger partial charge in [0.25, 0.3) is 0 Å². The minimum absolute atomic E-state index is 0.116. The van der Waals surface area contributed by atoms with E-state index < -0.39 is 12.6 Å². The summed E-state index contributed by atoms with van der Waals surface area (Å²) in [4.78, 5) is 2.09. The molecule has 120 valence electrons. The molecular weight excluding hydrogens is 265 g/mol. The van der Waals surface area contributed by atoms with E-state index in [1.807, 2.05) is 0 Å². The summed E-state index contributed by atoms with van der Waals surface area (Å²) in [7, 11) is 0. The lowest BCUT2D eigenvalue weighted by atomic mass is 9.84. The quantitative estimate of drug-likeness (QED) is 0.801. The van der Waals surface area contributed by atoms with Crippen molar-refractivity contribution in [2.45, 2.75) is 71.1 Å². The van der Waals surface area contributed by atoms with Gasteiger partial charge in [0.15, 0.2) is 0 Å². The molecule has 2 atom stereocenters. The molecule has 2 unspecified atom stereocenters. The van der Waals surface area contributed by atoms with Crippen molar-refractivity contribution in [3.8, 4) is 0 Å². The van der Waals surface area contributed by atoms with Gasteiger partial charge in [0.1, 0.15) is 0 Å². The van der Waals surface area contributed by atoms with Crippen LogP contribution >= 0.6 is 0 Å². The zero-order chi connectivity index (χ0) is 15.4. The Balaban J connectivity index is 2.78. The molecule has 0 aromatic heterocycles. The zero-order valence-corrected chi connectivity index (χ0v) is 13.2. The predicted molar refractivity (Wildman–Crippen MR) is 76.8 cm³/mol. The van der Waals surface area contributed by atoms with Crippen LogP contribution < -0.4 is 5.32 Å². The molecule has 1 rings (SSSR count). The maximum absolute atomic E-state index is 12.5. The summed E-state index contributed by atoms with van der Waals surface area (Å²) in [5.74, 6) is 0.495. The van der Waals surface area contributed by atoms with Crippen LogP contribution in [0.15, 0.2) is 0 Å². The Morgan fingerprint density at radius 3 is 2.30 bits per heavy atom. The Kier molecular flexibility index (Phi) is 6.32. The molecule has 0 amide bonds. The Hall–Kier alpha value is -0.290. The standard InChI is InChI=1S/C15H29F3N2/c1-5-12(4)13-10-20(9-8-15(16,17)18)14(6-2,7-3)11-19-13/h12-13,19H,5-11H2,1-4H3. The van der Waals surface area contributed by atoms with Crippen LogP contribution in [0.1, 0.15) is 53.4 Å². The third kappa shape index (κ3) is 4.35. The van der Waals surface area contributed by atoms with Gasteiger partial charge in [0, 0.05) is 31.2 Å². The van der Waals surface area contributed by atoms with E-state index in [0.29, 0.717) is 12.0 Å². The summed E-state index contributed by atoms with van der Waals surface area (Å²) >= 11 is 0. The molecule has 1 aliphatic heterocycles. The van der Waals surface area contributed by atoms with Gasteiger partial charge < -0.3 is 5.32 Å². The molecule has 0 aliphatic carbocycles. The highest BCUT2D eigenvalue weighted by Crippen LogP contribution is 2.31. The van der Waals surface area contributed by atoms with E-state index in [4.69, 9.17) is 0 Å². The van der Waals surface area contributed by atoms with Crippen molar-refractivity contribution in [2.75, 3.05) is 19.6 Å². The van der Waals surface area contributed by atoms with Crippen LogP contribution in [-0.2, 0) is 0 Å². The molecular formula is C15H29F3N2. The van der Waals surface area contributed by atoms with E-state index in [0.717, 1.165) is 32.4 Å². The first-order chi connectivity index (χ1) is 9.28. The number of hydrogen-bond donors (Lipinski definition) is 1. The maximum Gasteiger partial charge on any atom is 0.390 e. The van der Waals surface area contributed by atoms with Gasteiger partial charge in [0.05, 0.1) is 6.42 Å². The van der Waals surface area contributed by atoms with Crippen molar-refractivity contribution < 1.29 is 13.2 Å². The van der Waals surface area contributed by atoms with Crippen LogP contribution in [0.4, 0.5) is 13.2 Å². The molecule has 20 heavy (non-hydrogen) atoms. The molecule has 1 N–H and O–H groups in total. The third-order valence-corrected chi connectivity index (χ3v) is 5.09. The molecule has 0 aromatic carbocycles. The van der Waals surface area contributed by atoms with Crippen LogP contribution in [0.3, 0.4) is 0 Å². The zero-order valence-electron chi connectivity index (χ0n) is 13.2. The number of hydrogen-bond acceptors (Lipinski definition) is 2. The summed E-state index contributed by atoms with van der Waals surface area (Å²) in [5, 5.41) is 3.57. The SMILES string of the molecule is CCC(C)C1CN(CCC(F)(F)F)C(CC)(CC)CN1. The average Bonchev–Trinajstić information content (AvgIpc) is 2.43. The van der Waals surface area contributed by atoms with Gasteiger partial charge in [-0.15, -0.1) is 0 Å². The first-order valence-electron chi connectivity index (χ1n) is 7.83. The number of halogens is 3. The number of alkyl halides is 3. The first kappa shape index (κ1) is 17.8. The normalized spacial score (nSPS) is 25.6. The second-order valence-corrected chi connectivity index (χ2v) is 6.12. The Labute approximate surface area is 121 Å². The minimum Gasteiger partial charge on any atom is -0.311 e. The largest absolute Gasteiger partial charge is 0.390 e. The highest BCUT2D eigenvalue weighted by Gasteiger charge is 2.41. The second-order valence-electron chi connectivity index (χ2n) is 6.12. The van der Waals surface area contributed by atoms with Crippen molar-refractivity contribution in [1.29, 1.82) is 0 Å². The highest BCUT2D eigenvalue weighted by molar-refractivity contribution is 4.98. The van der Waals surface area contributed by atoms with Gasteiger partial charge in [-0.1, -0.05) is 34.1 Å². The van der Waals surface area contributed by atoms with Crippen LogP contribution in [0.25, 0.3) is 0 Å². The summed E-state index contributed by atoms with van der Waals surface area (Å²) in [5.41, 5.74) is -0.116. The molecule has 1 heterocycles. The van der Waals surface area contributed by atoms with Gasteiger partial charge in [-0.3, -0.25) is 4.90 Å². The minimum atomic E-state index is -4.07. The van der Waals surface area contributed by atoms with Crippen LogP contribution in [0.2, 0.25) is 0 Å². The molecule has 1 aliphatic rings. The Bertz CT molecular complexity index is 287. The molecule has 0 bridgehead atoms. The fraction of sp³-hybridized carbons (Fsp3) is 1.00. The highest BCUT2D eigenvalue weighted by atomic mass is 19.4. The third-order valence-electron chi connectivity index (χ3n) is 5.09. The molecule has 0 radical (unpaired) electrons. The second kappa shape index (κ2) is 7.12. The fourth-order valence-electron chi connectivity index (χ4n) is 3.13. The summed E-state index contributed by atoms with van der Waals surface area (Å²) in [6, 6.07) is 0.305. The molecule has 0 spiro atoms. The van der Waals surface area contributed by atoms with E-state index in [-0.39, 0.29) is 12.1 Å². The molecule has 0 saturated carbocycles. The predicted octanol–water partition coefficient (Wildman–Crippen LogP) is 3.82. The van der Waals surface area contributed by atoms with Crippen molar-refractivity contribution in [3.05, 3.63) is 0 Å². The molecule has 2 nitrogen and oxygen atoms in total. The molecule has 5 heteroatoms. The number of nitrogens with one attached hydrogen (secondary N) is 1. The van der Waals surface area contributed by atoms with E-state index in [1.54, 1.807) is 0 Å². The van der Waals surface area contributed by atoms with E-state index >= 15 is 0 Å². The van der Waals surface area contributed by atoms with Crippen LogP contribution in [0, 0.1) is 5.92 Å². The number of piperazine rings is 1. The lowest BCUT2D eigenvalue weighted by Gasteiger charge is -2.51. The first-order valence-corrected chi connectivity index (χ1v) is 7.83. The van der Waals surface area contributed by atoms with Gasteiger partial charge in [-0.25, -0.2) is 0 Å². The summed E-state index contributed by atoms with van der Waals surface area (Å²) in [6.07, 6.45) is -1.94. The summed E-state index contributed by atoms with van der Waals surface area (Å²) < 4.78 is 37.6. The van der Waals surface area contributed by atoms with Gasteiger partial charge >= 0.3 is 6.18 Å². The van der Waals surface area contributed by atoms with Gasteiger partial charge in [-0.2, -0.15) is 13.2 Å². The van der Waals surface area contributed by atoms with Gasteiger partial charge in [-0.05, 0) is 18.8 Å². The monoisotopic (exact) mass is 294 g/mol. The van der Waals surface area contributed by atoms with E-state index in [1.165, 1.54) is 0 Å². The van der Waals surface area contributed by atoms with E-state index in [9.17, 15) is 13.2 Å². The van der Waals surface area contributed by atoms with Crippen LogP contribution in [0.5, 0.6) is 0 Å². The van der Waals surface area contributed by atoms with E-state index in [2.05, 4.69) is 37.9 Å². The summed E-state index contributed by atoms with van der Waals surface area (Å²) in [6.45, 7) is 10.1. The Morgan fingerprint density at radius 1 is 1.25 bits per heavy atom. The van der Waals surface area contributed by atoms with Crippen molar-refractivity contribution in [3.63, 3.8) is 0 Å². The Morgan fingerprint density at radius 2 is 1.85 bits per heavy atom. The van der Waals surface area contributed by atoms with Gasteiger partial charge in [0.2, 0.25) is 0 Å². The lowest BCUT2D eigenvalue weighted by Crippen LogP contribution is -2.65. The smallest absolute Gasteiger partial charge is 0.311 e. The van der Waals surface area contributed by atoms with Crippen molar-refractivity contribution in [2.24, 2.45) is 5.92 Å². The van der Waals surface area contributed by atoms with Crippen LogP contribution in [-0.4, -0.2) is 42.3 Å². The number of nitrogens with zero attached hydrogens (tertiary/aromatic N) is 1. The fourth-order valence-corrected chi connectivity index (χ4v) is 3.13. The maximum atomic E-state index is 12.5. The lowest BCUT2D eigenvalue weighted by molar-refractivity contribution is -0.143. The number of rotatable bonds is 6. The topological polar surface area (TPSA) is 15.3 Å². The van der Waals surface area contributed by atoms with Crippen molar-refractivity contribution in [1.82, 2.24) is 10.2 Å². The average molecular weight is 294 g/mol. The van der Waals surface area contributed by atoms with Crippen molar-refractivity contribution >= 4 is 0 Å². The molecule has 1 saturated heterocycles. The molecule has 1 fully saturated rings. The molecule has 0 aromatic rings.